The van der Waals surface area contributed by atoms with E-state index in [1.807, 2.05) is 26.0 Å². The number of carbonyl (C=O) groups excluding carboxylic acids is 2. The van der Waals surface area contributed by atoms with Gasteiger partial charge in [0.05, 0.1) is 9.75 Å². The number of aryl methyl sites for hydroxylation is 2. The normalized spacial score (nSPS) is 11.0. The molecule has 0 spiro atoms. The zero-order valence-electron chi connectivity index (χ0n) is 14.1. The molecule has 0 aliphatic rings. The summed E-state index contributed by atoms with van der Waals surface area (Å²) in [5, 5.41) is 0. The van der Waals surface area contributed by atoms with E-state index in [2.05, 4.69) is 24.3 Å². The predicted octanol–water partition coefficient (Wildman–Crippen LogP) is 7.18. The van der Waals surface area contributed by atoms with Crippen LogP contribution in [0.25, 0.3) is 29.3 Å². The number of carbonyl (C=O) groups is 2. The third-order valence-electron chi connectivity index (χ3n) is 4.01. The van der Waals surface area contributed by atoms with Crippen LogP contribution in [0.15, 0.2) is 36.4 Å². The first-order chi connectivity index (χ1) is 12.6. The van der Waals surface area contributed by atoms with Crippen molar-refractivity contribution in [2.24, 2.45) is 0 Å². The van der Waals surface area contributed by atoms with Crippen molar-refractivity contribution in [1.82, 2.24) is 0 Å². The molecule has 0 aliphatic heterocycles. The Balaban J connectivity index is 1.67. The van der Waals surface area contributed by atoms with E-state index in [-0.39, 0.29) is 0 Å². The molecule has 0 bridgehead atoms. The Morgan fingerprint density at radius 1 is 0.615 bits per heavy atom. The van der Waals surface area contributed by atoms with Crippen molar-refractivity contribution in [3.8, 4) is 29.3 Å². The largest absolute Gasteiger partial charge is 0.297 e. The van der Waals surface area contributed by atoms with Crippen molar-refractivity contribution in [2.45, 2.75) is 13.8 Å². The second kappa shape index (κ2) is 7.04. The van der Waals surface area contributed by atoms with Gasteiger partial charge < -0.3 is 0 Å². The number of thiophene rings is 4. The summed E-state index contributed by atoms with van der Waals surface area (Å²) >= 11 is 6.59. The second-order valence-corrected chi connectivity index (χ2v) is 10.2. The van der Waals surface area contributed by atoms with Crippen LogP contribution < -0.4 is 0 Å². The summed E-state index contributed by atoms with van der Waals surface area (Å²) in [4.78, 5) is 30.7. The van der Waals surface area contributed by atoms with Gasteiger partial charge in [0.1, 0.15) is 0 Å². The molecule has 0 saturated carbocycles. The van der Waals surface area contributed by atoms with Gasteiger partial charge in [-0.25, -0.2) is 0 Å². The molecule has 6 heteroatoms. The zero-order chi connectivity index (χ0) is 18.3. The van der Waals surface area contributed by atoms with Crippen molar-refractivity contribution in [2.75, 3.05) is 0 Å². The molecule has 0 amide bonds. The highest BCUT2D eigenvalue weighted by atomic mass is 32.1. The van der Waals surface area contributed by atoms with Crippen LogP contribution in [-0.4, -0.2) is 12.6 Å². The van der Waals surface area contributed by atoms with Gasteiger partial charge in [0.2, 0.25) is 0 Å². The lowest BCUT2D eigenvalue weighted by Crippen LogP contribution is -1.67. The molecule has 4 rings (SSSR count). The summed E-state index contributed by atoms with van der Waals surface area (Å²) in [7, 11) is 0. The minimum absolute atomic E-state index is 0.769. The van der Waals surface area contributed by atoms with Crippen molar-refractivity contribution in [3.63, 3.8) is 0 Å². The number of hydrogen-bond acceptors (Lipinski definition) is 6. The Morgan fingerprint density at radius 2 is 1.00 bits per heavy atom. The van der Waals surface area contributed by atoms with Gasteiger partial charge in [-0.2, -0.15) is 0 Å². The highest BCUT2D eigenvalue weighted by Gasteiger charge is 2.14. The minimum atomic E-state index is 0.769. The minimum Gasteiger partial charge on any atom is -0.297 e. The van der Waals surface area contributed by atoms with Gasteiger partial charge in [-0.1, -0.05) is 0 Å². The smallest absolute Gasteiger partial charge is 0.160 e. The van der Waals surface area contributed by atoms with Gasteiger partial charge in [-0.05, 0) is 61.4 Å². The molecule has 4 aromatic rings. The van der Waals surface area contributed by atoms with E-state index in [4.69, 9.17) is 0 Å². The van der Waals surface area contributed by atoms with Crippen molar-refractivity contribution in [1.29, 1.82) is 0 Å². The van der Waals surface area contributed by atoms with Crippen LogP contribution >= 0.6 is 45.3 Å². The Bertz CT molecular complexity index is 1020. The molecule has 26 heavy (non-hydrogen) atoms. The Morgan fingerprint density at radius 3 is 1.35 bits per heavy atom. The maximum Gasteiger partial charge on any atom is 0.160 e. The van der Waals surface area contributed by atoms with Gasteiger partial charge >= 0.3 is 0 Å². The van der Waals surface area contributed by atoms with E-state index >= 15 is 0 Å². The highest BCUT2D eigenvalue weighted by molar-refractivity contribution is 7.29. The van der Waals surface area contributed by atoms with E-state index in [1.54, 1.807) is 45.3 Å². The molecular weight excluding hydrogens is 400 g/mol. The van der Waals surface area contributed by atoms with Crippen LogP contribution in [0, 0.1) is 13.8 Å². The zero-order valence-corrected chi connectivity index (χ0v) is 17.3. The molecule has 0 fully saturated rings. The summed E-state index contributed by atoms with van der Waals surface area (Å²) < 4.78 is 0. The SMILES string of the molecule is Cc1cc(C=O)sc1-c1ccc(-c2ccc(-c3sc(C=O)cc3C)s2)s1. The summed E-state index contributed by atoms with van der Waals surface area (Å²) in [6.07, 6.45) is 1.83. The molecular formula is C20H14O2S4. The molecule has 0 aromatic carbocycles. The fraction of sp³-hybridized carbons (Fsp3) is 0.100. The van der Waals surface area contributed by atoms with Gasteiger partial charge in [0.15, 0.2) is 12.6 Å². The molecule has 0 aliphatic carbocycles. The monoisotopic (exact) mass is 414 g/mol. The van der Waals surface area contributed by atoms with E-state index in [9.17, 15) is 9.59 Å². The third-order valence-corrected chi connectivity index (χ3v) is 9.06. The maximum absolute atomic E-state index is 11.0. The Labute approximate surface area is 167 Å². The first-order valence-electron chi connectivity index (χ1n) is 7.91. The lowest BCUT2D eigenvalue weighted by atomic mass is 10.2. The van der Waals surface area contributed by atoms with Gasteiger partial charge in [0, 0.05) is 29.3 Å². The predicted molar refractivity (Wildman–Crippen MR) is 115 cm³/mol. The molecule has 0 radical (unpaired) electrons. The average molecular weight is 415 g/mol. The molecule has 2 nitrogen and oxygen atoms in total. The fourth-order valence-electron chi connectivity index (χ4n) is 2.80. The van der Waals surface area contributed by atoms with Gasteiger partial charge in [0.25, 0.3) is 0 Å². The molecule has 4 aromatic heterocycles. The van der Waals surface area contributed by atoms with Crippen molar-refractivity contribution >= 4 is 57.9 Å². The van der Waals surface area contributed by atoms with Crippen LogP contribution in [0.4, 0.5) is 0 Å². The van der Waals surface area contributed by atoms with Gasteiger partial charge in [-0.3, -0.25) is 9.59 Å². The number of hydrogen-bond donors (Lipinski definition) is 0. The highest BCUT2D eigenvalue weighted by Crippen LogP contribution is 2.44. The third kappa shape index (κ3) is 3.14. The first-order valence-corrected chi connectivity index (χ1v) is 11.2. The van der Waals surface area contributed by atoms with E-state index in [1.165, 1.54) is 29.3 Å². The first kappa shape index (κ1) is 17.5. The topological polar surface area (TPSA) is 34.1 Å². The van der Waals surface area contributed by atoms with Crippen molar-refractivity contribution in [3.05, 3.63) is 57.3 Å². The van der Waals surface area contributed by atoms with E-state index < -0.39 is 0 Å². The lowest BCUT2D eigenvalue weighted by Gasteiger charge is -1.95. The van der Waals surface area contributed by atoms with Gasteiger partial charge in [-0.15, -0.1) is 45.3 Å². The van der Waals surface area contributed by atoms with Crippen LogP contribution in [-0.2, 0) is 0 Å². The number of aldehydes is 2. The average Bonchev–Trinajstić information content (AvgIpc) is 3.39. The van der Waals surface area contributed by atoms with Crippen LogP contribution in [0.1, 0.15) is 30.5 Å². The van der Waals surface area contributed by atoms with Crippen LogP contribution in [0.2, 0.25) is 0 Å². The molecule has 0 N–H and O–H groups in total. The van der Waals surface area contributed by atoms with Crippen molar-refractivity contribution < 1.29 is 9.59 Å². The summed E-state index contributed by atoms with van der Waals surface area (Å²) in [6.45, 7) is 4.09. The number of rotatable bonds is 5. The Kier molecular flexibility index (Phi) is 4.75. The van der Waals surface area contributed by atoms with Crippen LogP contribution in [0.5, 0.6) is 0 Å². The fourth-order valence-corrected chi connectivity index (χ4v) is 7.23. The second-order valence-electron chi connectivity index (χ2n) is 5.89. The van der Waals surface area contributed by atoms with E-state index in [0.717, 1.165) is 33.5 Å². The maximum atomic E-state index is 11.0. The summed E-state index contributed by atoms with van der Waals surface area (Å²) in [5.74, 6) is 0. The molecule has 4 heterocycles. The molecule has 0 saturated heterocycles. The molecule has 0 unspecified atom stereocenters. The standard InChI is InChI=1S/C20H14O2S4/c1-11-7-13(9-21)23-19(11)17-5-3-15(25-17)16-4-6-18(26-16)20-12(2)8-14(10-22)24-20/h3-10H,1-2H3. The van der Waals surface area contributed by atoms with E-state index in [0.29, 0.717) is 0 Å². The molecule has 130 valence electrons. The lowest BCUT2D eigenvalue weighted by molar-refractivity contribution is 0.111. The quantitative estimate of drug-likeness (QED) is 0.324. The summed E-state index contributed by atoms with van der Waals surface area (Å²) in [6, 6.07) is 12.4. The molecule has 0 atom stereocenters. The van der Waals surface area contributed by atoms with Crippen LogP contribution in [0.3, 0.4) is 0 Å². The summed E-state index contributed by atoms with van der Waals surface area (Å²) in [5.41, 5.74) is 2.29. The Hall–Kier alpha value is -1.86.